The minimum atomic E-state index is -0.510. The normalized spacial score (nSPS) is 11.2. The van der Waals surface area contributed by atoms with Crippen LogP contribution in [-0.2, 0) is 17.9 Å². The van der Waals surface area contributed by atoms with Crippen LogP contribution in [0.15, 0.2) is 53.6 Å². The van der Waals surface area contributed by atoms with E-state index in [1.54, 1.807) is 6.33 Å². The molecule has 0 radical (unpaired) electrons. The molecule has 1 N–H and O–H groups in total. The molecule has 2 aromatic carbocycles. The first kappa shape index (κ1) is 17.8. The number of nitrogens with one attached hydrogen (secondary N) is 1. The van der Waals surface area contributed by atoms with E-state index in [2.05, 4.69) is 20.6 Å². The maximum atomic E-state index is 13.3. The molecule has 2 aromatic heterocycles. The smallest absolute Gasteiger partial charge is 0.277 e. The predicted octanol–water partition coefficient (Wildman–Crippen LogP) is 1.49. The molecule has 0 atom stereocenters. The number of aromatic nitrogens is 5. The van der Waals surface area contributed by atoms with Gasteiger partial charge in [-0.2, -0.15) is 0 Å². The van der Waals surface area contributed by atoms with Crippen LogP contribution in [0, 0.1) is 5.82 Å². The Labute approximate surface area is 158 Å². The molecule has 28 heavy (non-hydrogen) atoms. The summed E-state index contributed by atoms with van der Waals surface area (Å²) in [5, 5.41) is 10.6. The minimum Gasteiger partial charge on any atom is -0.354 e. The Kier molecular flexibility index (Phi) is 4.79. The van der Waals surface area contributed by atoms with Gasteiger partial charge in [0.05, 0.1) is 29.3 Å². The van der Waals surface area contributed by atoms with Crippen LogP contribution < -0.4 is 10.9 Å². The van der Waals surface area contributed by atoms with Crippen molar-refractivity contribution in [3.8, 4) is 0 Å². The number of hydrogen-bond acceptors (Lipinski definition) is 5. The van der Waals surface area contributed by atoms with Crippen molar-refractivity contribution >= 4 is 27.8 Å². The molecule has 0 aliphatic rings. The van der Waals surface area contributed by atoms with Crippen molar-refractivity contribution in [3.63, 3.8) is 0 Å². The maximum Gasteiger partial charge on any atom is 0.277 e. The van der Waals surface area contributed by atoms with Gasteiger partial charge in [-0.25, -0.2) is 14.1 Å². The van der Waals surface area contributed by atoms with Gasteiger partial charge in [0.25, 0.3) is 5.56 Å². The Morgan fingerprint density at radius 1 is 1.11 bits per heavy atom. The number of halogens is 1. The second kappa shape index (κ2) is 7.55. The molecule has 2 heterocycles. The van der Waals surface area contributed by atoms with E-state index in [1.165, 1.54) is 12.1 Å². The number of carbonyl (C=O) groups excluding carboxylic acids is 1. The van der Waals surface area contributed by atoms with Gasteiger partial charge in [-0.1, -0.05) is 17.3 Å². The van der Waals surface area contributed by atoms with Crippen LogP contribution in [-0.4, -0.2) is 37.0 Å². The van der Waals surface area contributed by atoms with Crippen molar-refractivity contribution in [2.24, 2.45) is 0 Å². The molecule has 0 saturated carbocycles. The lowest BCUT2D eigenvalue weighted by atomic mass is 10.2. The number of amides is 1. The van der Waals surface area contributed by atoms with E-state index in [0.717, 1.165) is 21.8 Å². The summed E-state index contributed by atoms with van der Waals surface area (Å²) in [6, 6.07) is 11.5. The molecular formula is C19H17FN6O2. The van der Waals surface area contributed by atoms with Crippen molar-refractivity contribution in [2.45, 2.75) is 19.5 Å². The van der Waals surface area contributed by atoms with E-state index in [4.69, 9.17) is 0 Å². The number of hydrogen-bond donors (Lipinski definition) is 1. The van der Waals surface area contributed by atoms with Gasteiger partial charge in [-0.05, 0) is 30.3 Å². The summed E-state index contributed by atoms with van der Waals surface area (Å²) in [5.41, 5.74) is 1.75. The number of imidazole rings is 1. The summed E-state index contributed by atoms with van der Waals surface area (Å²) in [4.78, 5) is 28.7. The summed E-state index contributed by atoms with van der Waals surface area (Å²) in [6.07, 6.45) is 1.99. The molecule has 4 aromatic rings. The lowest BCUT2D eigenvalue weighted by Gasteiger charge is -2.08. The number of para-hydroxylation sites is 2. The lowest BCUT2D eigenvalue weighted by Crippen LogP contribution is -2.33. The number of aryl methyl sites for hydroxylation is 1. The Morgan fingerprint density at radius 3 is 2.86 bits per heavy atom. The highest BCUT2D eigenvalue weighted by Crippen LogP contribution is 2.12. The topological polar surface area (TPSA) is 94.7 Å². The zero-order chi connectivity index (χ0) is 19.5. The van der Waals surface area contributed by atoms with Crippen molar-refractivity contribution in [2.75, 3.05) is 6.54 Å². The molecule has 4 rings (SSSR count). The van der Waals surface area contributed by atoms with Gasteiger partial charge in [0.2, 0.25) is 5.91 Å². The van der Waals surface area contributed by atoms with Crippen molar-refractivity contribution in [3.05, 3.63) is 65.0 Å². The molecule has 0 aliphatic carbocycles. The van der Waals surface area contributed by atoms with E-state index in [0.29, 0.717) is 12.1 Å². The van der Waals surface area contributed by atoms with E-state index in [-0.39, 0.29) is 30.8 Å². The van der Waals surface area contributed by atoms with E-state index < -0.39 is 11.4 Å². The van der Waals surface area contributed by atoms with Crippen molar-refractivity contribution < 1.29 is 9.18 Å². The van der Waals surface area contributed by atoms with Gasteiger partial charge in [0.15, 0.2) is 0 Å². The molecule has 0 spiro atoms. The van der Waals surface area contributed by atoms with Crippen LogP contribution in [0.2, 0.25) is 0 Å². The summed E-state index contributed by atoms with van der Waals surface area (Å²) in [5.74, 6) is -0.657. The van der Waals surface area contributed by atoms with Gasteiger partial charge in [-0.3, -0.25) is 9.59 Å². The predicted molar refractivity (Wildman–Crippen MR) is 101 cm³/mol. The molecule has 0 bridgehead atoms. The average Bonchev–Trinajstić information content (AvgIpc) is 3.12. The highest BCUT2D eigenvalue weighted by atomic mass is 19.1. The van der Waals surface area contributed by atoms with E-state index >= 15 is 0 Å². The second-order valence-corrected chi connectivity index (χ2v) is 6.31. The number of nitrogens with zero attached hydrogens (tertiary/aromatic N) is 5. The molecule has 8 nitrogen and oxygen atoms in total. The minimum absolute atomic E-state index is 0.148. The standard InChI is InChI=1S/C19H17FN6O2/c20-13-5-6-15-14(11-13)19(28)26(24-23-15)10-8-21-18(27)7-9-25-12-22-16-3-1-2-4-17(16)25/h1-6,11-12H,7-10H2,(H,21,27). The second-order valence-electron chi connectivity index (χ2n) is 6.31. The molecule has 0 unspecified atom stereocenters. The SMILES string of the molecule is O=C(CCn1cnc2ccccc21)NCCn1nnc2ccc(F)cc2c1=O. The third kappa shape index (κ3) is 3.59. The summed E-state index contributed by atoms with van der Waals surface area (Å²) >= 11 is 0. The van der Waals surface area contributed by atoms with Crippen LogP contribution in [0.4, 0.5) is 4.39 Å². The lowest BCUT2D eigenvalue weighted by molar-refractivity contribution is -0.121. The van der Waals surface area contributed by atoms with Crippen LogP contribution in [0.3, 0.4) is 0 Å². The molecule has 0 saturated heterocycles. The fourth-order valence-corrected chi connectivity index (χ4v) is 2.99. The first-order valence-corrected chi connectivity index (χ1v) is 8.81. The number of fused-ring (bicyclic) bond motifs is 2. The summed E-state index contributed by atoms with van der Waals surface area (Å²) in [7, 11) is 0. The maximum absolute atomic E-state index is 13.3. The molecule has 1 amide bonds. The molecule has 0 aliphatic heterocycles. The van der Waals surface area contributed by atoms with E-state index in [9.17, 15) is 14.0 Å². The Balaban J connectivity index is 1.34. The van der Waals surface area contributed by atoms with Gasteiger partial charge in [0, 0.05) is 19.5 Å². The molecule has 142 valence electrons. The van der Waals surface area contributed by atoms with Crippen LogP contribution >= 0.6 is 0 Å². The first-order valence-electron chi connectivity index (χ1n) is 8.81. The first-order chi connectivity index (χ1) is 13.6. The number of rotatable bonds is 6. The quantitative estimate of drug-likeness (QED) is 0.547. The molecule has 9 heteroatoms. The highest BCUT2D eigenvalue weighted by molar-refractivity contribution is 5.78. The van der Waals surface area contributed by atoms with Crippen molar-refractivity contribution in [1.29, 1.82) is 0 Å². The van der Waals surface area contributed by atoms with Crippen LogP contribution in [0.1, 0.15) is 6.42 Å². The Morgan fingerprint density at radius 2 is 1.96 bits per heavy atom. The Bertz CT molecular complexity index is 1220. The fraction of sp³-hybridized carbons (Fsp3) is 0.211. The average molecular weight is 380 g/mol. The zero-order valence-electron chi connectivity index (χ0n) is 14.9. The number of carbonyl (C=O) groups is 1. The third-order valence-electron chi connectivity index (χ3n) is 4.44. The van der Waals surface area contributed by atoms with Crippen LogP contribution in [0.25, 0.3) is 21.9 Å². The van der Waals surface area contributed by atoms with E-state index in [1.807, 2.05) is 28.8 Å². The monoisotopic (exact) mass is 380 g/mol. The fourth-order valence-electron chi connectivity index (χ4n) is 2.99. The summed E-state index contributed by atoms with van der Waals surface area (Å²) < 4.78 is 16.4. The largest absolute Gasteiger partial charge is 0.354 e. The van der Waals surface area contributed by atoms with Crippen molar-refractivity contribution in [1.82, 2.24) is 29.9 Å². The molecule has 0 fully saturated rings. The third-order valence-corrected chi connectivity index (χ3v) is 4.44. The van der Waals surface area contributed by atoms with Gasteiger partial charge in [0.1, 0.15) is 11.3 Å². The number of benzene rings is 2. The molecular weight excluding hydrogens is 363 g/mol. The highest BCUT2D eigenvalue weighted by Gasteiger charge is 2.08. The van der Waals surface area contributed by atoms with Gasteiger partial charge in [-0.15, -0.1) is 5.10 Å². The summed E-state index contributed by atoms with van der Waals surface area (Å²) in [6.45, 7) is 0.873. The van der Waals surface area contributed by atoms with Crippen LogP contribution in [0.5, 0.6) is 0 Å². The van der Waals surface area contributed by atoms with Gasteiger partial charge < -0.3 is 9.88 Å². The zero-order valence-corrected chi connectivity index (χ0v) is 14.9. The van der Waals surface area contributed by atoms with Gasteiger partial charge >= 0.3 is 0 Å². The Hall–Kier alpha value is -3.62.